The van der Waals surface area contributed by atoms with Gasteiger partial charge in [-0.25, -0.2) is 0 Å². The summed E-state index contributed by atoms with van der Waals surface area (Å²) in [5.41, 5.74) is 1.06. The molecule has 0 saturated heterocycles. The van der Waals surface area contributed by atoms with Gasteiger partial charge >= 0.3 is 0 Å². The summed E-state index contributed by atoms with van der Waals surface area (Å²) in [4.78, 5) is 0. The summed E-state index contributed by atoms with van der Waals surface area (Å²) < 4.78 is 5.63. The van der Waals surface area contributed by atoms with Gasteiger partial charge in [-0.05, 0) is 31.3 Å². The van der Waals surface area contributed by atoms with E-state index in [1.807, 2.05) is 0 Å². The number of ether oxygens (including phenoxy) is 1. The monoisotopic (exact) mass is 210 g/mol. The van der Waals surface area contributed by atoms with Crippen molar-refractivity contribution in [2.24, 2.45) is 5.92 Å². The van der Waals surface area contributed by atoms with E-state index in [0.717, 1.165) is 19.3 Å². The molecule has 1 saturated carbocycles. The maximum absolute atomic E-state index is 10.1. The van der Waals surface area contributed by atoms with Gasteiger partial charge < -0.3 is 9.84 Å². The lowest BCUT2D eigenvalue weighted by atomic mass is 9.88. The third kappa shape index (κ3) is 1.64. The number of aliphatic hydroxyl groups excluding tert-OH is 1. The van der Waals surface area contributed by atoms with Crippen molar-refractivity contribution in [2.75, 3.05) is 7.11 Å². The molecular weight excluding hydrogens is 188 g/mol. The zero-order valence-corrected chi connectivity index (χ0v) is 9.83. The van der Waals surface area contributed by atoms with Crippen molar-refractivity contribution in [1.82, 2.24) is 0 Å². The molecule has 0 aromatic rings. The highest BCUT2D eigenvalue weighted by atomic mass is 16.5. The van der Waals surface area contributed by atoms with Gasteiger partial charge in [0.25, 0.3) is 0 Å². The predicted octanol–water partition coefficient (Wildman–Crippen LogP) is 2.66. The lowest BCUT2D eigenvalue weighted by molar-refractivity contribution is -0.0566. The first-order chi connectivity index (χ1) is 7.24. The average molecular weight is 210 g/mol. The SMILES string of the molecule is CCCCCC1=C[C@@H]2CC[C@@]1(OC)[C@H]2O. The Morgan fingerprint density at radius 2 is 2.33 bits per heavy atom. The van der Waals surface area contributed by atoms with E-state index < -0.39 is 0 Å². The molecule has 2 aliphatic rings. The molecule has 2 nitrogen and oxygen atoms in total. The van der Waals surface area contributed by atoms with Gasteiger partial charge in [0.1, 0.15) is 5.60 Å². The molecule has 0 aromatic carbocycles. The van der Waals surface area contributed by atoms with E-state index in [1.54, 1.807) is 7.11 Å². The van der Waals surface area contributed by atoms with Crippen LogP contribution in [-0.4, -0.2) is 23.9 Å². The standard InChI is InChI=1S/C13H22O2/c1-3-4-5-6-11-9-10-7-8-13(11,15-2)12(10)14/h9-10,12,14H,3-8H2,1-2H3/t10-,12-,13-/m0/s1. The normalized spacial score (nSPS) is 38.5. The second kappa shape index (κ2) is 4.26. The molecule has 0 unspecified atom stereocenters. The molecule has 2 rings (SSSR count). The first kappa shape index (κ1) is 11.2. The third-order valence-electron chi connectivity index (χ3n) is 4.11. The van der Waals surface area contributed by atoms with Gasteiger partial charge in [-0.15, -0.1) is 0 Å². The Morgan fingerprint density at radius 1 is 1.53 bits per heavy atom. The number of hydrogen-bond donors (Lipinski definition) is 1. The Morgan fingerprint density at radius 3 is 2.93 bits per heavy atom. The van der Waals surface area contributed by atoms with Crippen molar-refractivity contribution >= 4 is 0 Å². The maximum Gasteiger partial charge on any atom is 0.115 e. The highest BCUT2D eigenvalue weighted by Gasteiger charge is 2.54. The van der Waals surface area contributed by atoms with Crippen LogP contribution in [0.3, 0.4) is 0 Å². The van der Waals surface area contributed by atoms with E-state index in [-0.39, 0.29) is 11.7 Å². The van der Waals surface area contributed by atoms with Crippen LogP contribution in [0, 0.1) is 5.92 Å². The summed E-state index contributed by atoms with van der Waals surface area (Å²) in [6.07, 6.45) is 8.95. The first-order valence-electron chi connectivity index (χ1n) is 6.19. The molecule has 0 aromatic heterocycles. The molecule has 0 aliphatic heterocycles. The third-order valence-corrected chi connectivity index (χ3v) is 4.11. The Bertz CT molecular complexity index is 259. The molecule has 0 spiro atoms. The molecule has 2 heteroatoms. The zero-order valence-electron chi connectivity index (χ0n) is 9.83. The highest BCUT2D eigenvalue weighted by molar-refractivity contribution is 5.33. The van der Waals surface area contributed by atoms with Gasteiger partial charge in [-0.2, -0.15) is 0 Å². The number of unbranched alkanes of at least 4 members (excludes halogenated alkanes) is 2. The van der Waals surface area contributed by atoms with E-state index in [2.05, 4.69) is 13.0 Å². The van der Waals surface area contributed by atoms with Crippen molar-refractivity contribution in [2.45, 2.75) is 57.2 Å². The minimum atomic E-state index is -0.307. The first-order valence-corrected chi connectivity index (χ1v) is 6.19. The molecule has 2 bridgehead atoms. The quantitative estimate of drug-likeness (QED) is 0.558. The Balaban J connectivity index is 2.03. The molecule has 0 amide bonds. The van der Waals surface area contributed by atoms with Gasteiger partial charge in [0.2, 0.25) is 0 Å². The van der Waals surface area contributed by atoms with Gasteiger partial charge in [-0.3, -0.25) is 0 Å². The van der Waals surface area contributed by atoms with Gasteiger partial charge in [0.05, 0.1) is 6.10 Å². The summed E-state index contributed by atoms with van der Waals surface area (Å²) in [5.74, 6) is 0.363. The Hall–Kier alpha value is -0.340. The molecule has 1 N–H and O–H groups in total. The van der Waals surface area contributed by atoms with Gasteiger partial charge in [-0.1, -0.05) is 25.8 Å². The van der Waals surface area contributed by atoms with Crippen LogP contribution in [0.1, 0.15) is 45.4 Å². The second-order valence-electron chi connectivity index (χ2n) is 4.89. The maximum atomic E-state index is 10.1. The molecule has 15 heavy (non-hydrogen) atoms. The molecule has 1 fully saturated rings. The van der Waals surface area contributed by atoms with Crippen molar-refractivity contribution in [1.29, 1.82) is 0 Å². The highest BCUT2D eigenvalue weighted by Crippen LogP contribution is 2.50. The Kier molecular flexibility index (Phi) is 3.17. The van der Waals surface area contributed by atoms with Crippen molar-refractivity contribution in [3.8, 4) is 0 Å². The van der Waals surface area contributed by atoms with E-state index in [9.17, 15) is 5.11 Å². The number of aliphatic hydroxyl groups is 1. The summed E-state index contributed by atoms with van der Waals surface area (Å²) >= 11 is 0. The van der Waals surface area contributed by atoms with E-state index in [0.29, 0.717) is 5.92 Å². The van der Waals surface area contributed by atoms with Crippen LogP contribution in [0.2, 0.25) is 0 Å². The van der Waals surface area contributed by atoms with Gasteiger partial charge in [0, 0.05) is 13.0 Å². The van der Waals surface area contributed by atoms with E-state index in [1.165, 1.54) is 24.8 Å². The number of methoxy groups -OCH3 is 1. The Labute approximate surface area is 92.3 Å². The van der Waals surface area contributed by atoms with Crippen LogP contribution < -0.4 is 0 Å². The zero-order chi connectivity index (χ0) is 10.9. The lowest BCUT2D eigenvalue weighted by Gasteiger charge is -2.31. The van der Waals surface area contributed by atoms with Crippen LogP contribution >= 0.6 is 0 Å². The summed E-state index contributed by atoms with van der Waals surface area (Å²) in [6.45, 7) is 2.22. The fourth-order valence-corrected chi connectivity index (χ4v) is 3.17. The fourth-order valence-electron chi connectivity index (χ4n) is 3.17. The predicted molar refractivity (Wildman–Crippen MR) is 60.7 cm³/mol. The lowest BCUT2D eigenvalue weighted by Crippen LogP contribution is -2.39. The molecule has 0 radical (unpaired) electrons. The summed E-state index contributed by atoms with van der Waals surface area (Å²) in [7, 11) is 1.74. The number of fused-ring (bicyclic) bond motifs is 2. The number of rotatable bonds is 5. The van der Waals surface area contributed by atoms with Crippen molar-refractivity contribution in [3.63, 3.8) is 0 Å². The topological polar surface area (TPSA) is 29.5 Å². The van der Waals surface area contributed by atoms with Crippen molar-refractivity contribution < 1.29 is 9.84 Å². The average Bonchev–Trinajstić information content (AvgIpc) is 2.71. The summed E-state index contributed by atoms with van der Waals surface area (Å²) in [6, 6.07) is 0. The molecule has 2 aliphatic carbocycles. The molecule has 0 heterocycles. The largest absolute Gasteiger partial charge is 0.389 e. The van der Waals surface area contributed by atoms with Gasteiger partial charge in [0.15, 0.2) is 0 Å². The fraction of sp³-hybridized carbons (Fsp3) is 0.846. The molecule has 3 atom stereocenters. The molecular formula is C13H22O2. The van der Waals surface area contributed by atoms with Crippen LogP contribution in [0.5, 0.6) is 0 Å². The van der Waals surface area contributed by atoms with Crippen LogP contribution in [0.25, 0.3) is 0 Å². The van der Waals surface area contributed by atoms with Crippen LogP contribution in [-0.2, 0) is 4.74 Å². The second-order valence-corrected chi connectivity index (χ2v) is 4.89. The van der Waals surface area contributed by atoms with Crippen LogP contribution in [0.15, 0.2) is 11.6 Å². The molecule has 86 valence electrons. The number of hydrogen-bond acceptors (Lipinski definition) is 2. The minimum Gasteiger partial charge on any atom is -0.389 e. The smallest absolute Gasteiger partial charge is 0.115 e. The van der Waals surface area contributed by atoms with E-state index in [4.69, 9.17) is 4.74 Å². The van der Waals surface area contributed by atoms with Crippen LogP contribution in [0.4, 0.5) is 0 Å². The summed E-state index contributed by atoms with van der Waals surface area (Å²) in [5, 5.41) is 10.1. The van der Waals surface area contributed by atoms with Crippen molar-refractivity contribution in [3.05, 3.63) is 11.6 Å². The minimum absolute atomic E-state index is 0.279. The van der Waals surface area contributed by atoms with E-state index >= 15 is 0 Å².